The van der Waals surface area contributed by atoms with Crippen LogP contribution in [0.15, 0.2) is 12.3 Å². The SMILES string of the molecule is CC1(C)c2cc(C(F)(F)F)cnc2N2CCNC[C@H]21. The van der Waals surface area contributed by atoms with Crippen LogP contribution in [0.5, 0.6) is 0 Å². The van der Waals surface area contributed by atoms with Gasteiger partial charge >= 0.3 is 6.18 Å². The Morgan fingerprint density at radius 3 is 2.84 bits per heavy atom. The minimum atomic E-state index is -4.33. The van der Waals surface area contributed by atoms with Crippen LogP contribution < -0.4 is 10.2 Å². The summed E-state index contributed by atoms with van der Waals surface area (Å²) in [7, 11) is 0. The number of rotatable bonds is 0. The van der Waals surface area contributed by atoms with Crippen LogP contribution in [0.3, 0.4) is 0 Å². The maximum Gasteiger partial charge on any atom is 0.417 e. The number of hydrogen-bond acceptors (Lipinski definition) is 3. The fourth-order valence-electron chi connectivity index (χ4n) is 3.10. The lowest BCUT2D eigenvalue weighted by Gasteiger charge is -2.37. The van der Waals surface area contributed by atoms with Crippen molar-refractivity contribution < 1.29 is 13.2 Å². The first-order valence-corrected chi connectivity index (χ1v) is 6.37. The van der Waals surface area contributed by atoms with Gasteiger partial charge in [-0.25, -0.2) is 4.98 Å². The van der Waals surface area contributed by atoms with Crippen molar-refractivity contribution in [3.63, 3.8) is 0 Å². The van der Waals surface area contributed by atoms with Gasteiger partial charge < -0.3 is 10.2 Å². The predicted molar refractivity (Wildman–Crippen MR) is 66.3 cm³/mol. The Bertz CT molecular complexity index is 510. The number of hydrogen-bond donors (Lipinski definition) is 1. The molecule has 0 bridgehead atoms. The lowest BCUT2D eigenvalue weighted by molar-refractivity contribution is -0.137. The van der Waals surface area contributed by atoms with Gasteiger partial charge in [-0.2, -0.15) is 13.2 Å². The van der Waals surface area contributed by atoms with Gasteiger partial charge in [-0.3, -0.25) is 0 Å². The largest absolute Gasteiger partial charge is 0.417 e. The van der Waals surface area contributed by atoms with E-state index >= 15 is 0 Å². The first-order valence-electron chi connectivity index (χ1n) is 6.37. The average Bonchev–Trinajstić information content (AvgIpc) is 2.58. The molecule has 0 unspecified atom stereocenters. The Hall–Kier alpha value is -1.30. The second kappa shape index (κ2) is 3.85. The summed E-state index contributed by atoms with van der Waals surface area (Å²) in [5.41, 5.74) is -0.278. The highest BCUT2D eigenvalue weighted by Crippen LogP contribution is 2.46. The minimum Gasteiger partial charge on any atom is -0.350 e. The van der Waals surface area contributed by atoms with E-state index in [9.17, 15) is 13.2 Å². The fourth-order valence-corrected chi connectivity index (χ4v) is 3.10. The Labute approximate surface area is 109 Å². The number of fused-ring (bicyclic) bond motifs is 3. The molecular formula is C13H16F3N3. The van der Waals surface area contributed by atoms with Gasteiger partial charge in [-0.05, 0) is 6.07 Å². The molecule has 3 nitrogen and oxygen atoms in total. The molecule has 19 heavy (non-hydrogen) atoms. The Morgan fingerprint density at radius 2 is 2.16 bits per heavy atom. The van der Waals surface area contributed by atoms with Crippen molar-refractivity contribution in [3.8, 4) is 0 Å². The summed E-state index contributed by atoms with van der Waals surface area (Å²) in [5, 5.41) is 3.30. The zero-order valence-corrected chi connectivity index (χ0v) is 10.9. The van der Waals surface area contributed by atoms with E-state index in [1.807, 2.05) is 13.8 Å². The zero-order valence-electron chi connectivity index (χ0n) is 10.9. The van der Waals surface area contributed by atoms with Crippen LogP contribution in [-0.4, -0.2) is 30.7 Å². The van der Waals surface area contributed by atoms with E-state index in [2.05, 4.69) is 15.2 Å². The van der Waals surface area contributed by atoms with Crippen molar-refractivity contribution in [2.24, 2.45) is 0 Å². The summed E-state index contributed by atoms with van der Waals surface area (Å²) in [5.74, 6) is 0.713. The van der Waals surface area contributed by atoms with Gasteiger partial charge in [-0.15, -0.1) is 0 Å². The highest BCUT2D eigenvalue weighted by Gasteiger charge is 2.47. The normalized spacial score (nSPS) is 25.1. The van der Waals surface area contributed by atoms with E-state index in [-0.39, 0.29) is 11.5 Å². The summed E-state index contributed by atoms with van der Waals surface area (Å²) in [6.07, 6.45) is -3.39. The first kappa shape index (κ1) is 12.7. The molecule has 1 aromatic heterocycles. The highest BCUT2D eigenvalue weighted by atomic mass is 19.4. The molecule has 0 radical (unpaired) electrons. The first-order chi connectivity index (χ1) is 8.82. The Balaban J connectivity index is 2.11. The molecule has 1 aromatic rings. The van der Waals surface area contributed by atoms with Crippen molar-refractivity contribution in [2.75, 3.05) is 24.5 Å². The van der Waals surface area contributed by atoms with Crippen molar-refractivity contribution in [1.82, 2.24) is 10.3 Å². The number of aromatic nitrogens is 1. The van der Waals surface area contributed by atoms with Crippen LogP contribution in [0.25, 0.3) is 0 Å². The van der Waals surface area contributed by atoms with Gasteiger partial charge in [-0.1, -0.05) is 13.8 Å². The molecule has 3 rings (SSSR count). The summed E-state index contributed by atoms with van der Waals surface area (Å²) >= 11 is 0. The van der Waals surface area contributed by atoms with Crippen molar-refractivity contribution in [1.29, 1.82) is 0 Å². The standard InChI is InChI=1S/C13H16F3N3/c1-12(2)9-5-8(13(14,15)16)6-18-11(9)19-4-3-17-7-10(12)19/h5-6,10,17H,3-4,7H2,1-2H3/t10-/m0/s1. The molecule has 0 amide bonds. The monoisotopic (exact) mass is 271 g/mol. The van der Waals surface area contributed by atoms with E-state index in [0.717, 1.165) is 25.8 Å². The molecular weight excluding hydrogens is 255 g/mol. The van der Waals surface area contributed by atoms with Crippen LogP contribution in [0.2, 0.25) is 0 Å². The van der Waals surface area contributed by atoms with Gasteiger partial charge in [0.1, 0.15) is 5.82 Å². The molecule has 1 fully saturated rings. The quantitative estimate of drug-likeness (QED) is 0.784. The number of anilines is 1. The zero-order chi connectivity index (χ0) is 13.8. The summed E-state index contributed by atoms with van der Waals surface area (Å²) < 4.78 is 38.4. The molecule has 0 aliphatic carbocycles. The van der Waals surface area contributed by atoms with Gasteiger partial charge in [0.25, 0.3) is 0 Å². The smallest absolute Gasteiger partial charge is 0.350 e. The molecule has 104 valence electrons. The van der Waals surface area contributed by atoms with Gasteiger partial charge in [0.05, 0.1) is 11.6 Å². The molecule has 1 atom stereocenters. The topological polar surface area (TPSA) is 28.2 Å². The van der Waals surface area contributed by atoms with E-state index in [1.165, 1.54) is 6.07 Å². The molecule has 2 aliphatic rings. The van der Waals surface area contributed by atoms with E-state index in [4.69, 9.17) is 0 Å². The average molecular weight is 271 g/mol. The fraction of sp³-hybridized carbons (Fsp3) is 0.615. The third kappa shape index (κ3) is 1.81. The van der Waals surface area contributed by atoms with Crippen LogP contribution in [-0.2, 0) is 11.6 Å². The molecule has 0 aromatic carbocycles. The molecule has 0 spiro atoms. The van der Waals surface area contributed by atoms with Gasteiger partial charge in [0, 0.05) is 36.8 Å². The summed E-state index contributed by atoms with van der Waals surface area (Å²) in [6, 6.07) is 1.44. The number of alkyl halides is 3. The van der Waals surface area contributed by atoms with Gasteiger partial charge in [0.2, 0.25) is 0 Å². The van der Waals surface area contributed by atoms with Crippen LogP contribution in [0.4, 0.5) is 19.0 Å². The number of nitrogens with zero attached hydrogens (tertiary/aromatic N) is 2. The molecule has 0 saturated carbocycles. The number of pyridine rings is 1. The van der Waals surface area contributed by atoms with Gasteiger partial charge in [0.15, 0.2) is 0 Å². The number of nitrogens with one attached hydrogen (secondary N) is 1. The molecule has 1 saturated heterocycles. The molecule has 1 N–H and O–H groups in total. The molecule has 3 heterocycles. The lowest BCUT2D eigenvalue weighted by Crippen LogP contribution is -2.55. The van der Waals surface area contributed by atoms with E-state index in [1.54, 1.807) is 0 Å². The van der Waals surface area contributed by atoms with Crippen LogP contribution in [0.1, 0.15) is 25.0 Å². The predicted octanol–water partition coefficient (Wildman–Crippen LogP) is 2.17. The van der Waals surface area contributed by atoms with Crippen molar-refractivity contribution in [3.05, 3.63) is 23.4 Å². The van der Waals surface area contributed by atoms with Crippen LogP contribution in [0, 0.1) is 0 Å². The maximum atomic E-state index is 12.8. The van der Waals surface area contributed by atoms with Crippen molar-refractivity contribution in [2.45, 2.75) is 31.5 Å². The van der Waals surface area contributed by atoms with Crippen LogP contribution >= 0.6 is 0 Å². The number of halogens is 3. The Morgan fingerprint density at radius 1 is 1.42 bits per heavy atom. The summed E-state index contributed by atoms with van der Waals surface area (Å²) in [4.78, 5) is 6.21. The minimum absolute atomic E-state index is 0.173. The Kier molecular flexibility index (Phi) is 2.58. The lowest BCUT2D eigenvalue weighted by atomic mass is 9.80. The van der Waals surface area contributed by atoms with Crippen molar-refractivity contribution >= 4 is 5.82 Å². The van der Waals surface area contributed by atoms with E-state index in [0.29, 0.717) is 11.4 Å². The second-order valence-electron chi connectivity index (χ2n) is 5.73. The third-order valence-electron chi connectivity index (χ3n) is 4.24. The third-order valence-corrected chi connectivity index (χ3v) is 4.24. The molecule has 6 heteroatoms. The highest BCUT2D eigenvalue weighted by molar-refractivity contribution is 5.60. The van der Waals surface area contributed by atoms with E-state index < -0.39 is 11.7 Å². The number of piperazine rings is 1. The maximum absolute atomic E-state index is 12.8. The summed E-state index contributed by atoms with van der Waals surface area (Å²) in [6.45, 7) is 6.40. The second-order valence-corrected chi connectivity index (χ2v) is 5.73. The molecule has 2 aliphatic heterocycles.